The van der Waals surface area contributed by atoms with Crippen LogP contribution in [0, 0.1) is 13.8 Å². The van der Waals surface area contributed by atoms with Crippen LogP contribution in [-0.2, 0) is 11.2 Å². The van der Waals surface area contributed by atoms with Gasteiger partial charge in [0, 0.05) is 24.0 Å². The van der Waals surface area contributed by atoms with Crippen LogP contribution in [0.15, 0.2) is 23.0 Å². The number of carbonyl (C=O) groups is 1. The smallest absolute Gasteiger partial charge is 0.251 e. The number of rotatable bonds is 7. The molecular formula is C19H26N2O2. The molecule has 1 aromatic heterocycles. The lowest BCUT2D eigenvalue weighted by Crippen LogP contribution is -2.25. The molecule has 0 bridgehead atoms. The van der Waals surface area contributed by atoms with E-state index in [1.807, 2.05) is 19.1 Å². The quantitative estimate of drug-likeness (QED) is 0.770. The number of carbonyl (C=O) groups excluding carboxylic acids is 1. The van der Waals surface area contributed by atoms with E-state index in [2.05, 4.69) is 30.2 Å². The van der Waals surface area contributed by atoms with Crippen LogP contribution in [0.3, 0.4) is 0 Å². The fourth-order valence-electron chi connectivity index (χ4n) is 2.65. The number of hydrogen-bond acceptors (Lipinski definition) is 2. The van der Waals surface area contributed by atoms with E-state index in [0.29, 0.717) is 18.4 Å². The number of hydrogen-bond donors (Lipinski definition) is 2. The standard InChI is InChI=1S/C19H26N2O2/c1-4-5-6-9-20-18(22)8-7-15-12-16-10-13(2)14(3)11-17(16)21-19(15)23/h10-12H,4-9H2,1-3H3,(H,20,22)(H,21,23). The van der Waals surface area contributed by atoms with Gasteiger partial charge in [0.05, 0.1) is 0 Å². The highest BCUT2D eigenvalue weighted by molar-refractivity contribution is 5.81. The van der Waals surface area contributed by atoms with Gasteiger partial charge in [-0.3, -0.25) is 9.59 Å². The number of fused-ring (bicyclic) bond motifs is 1. The van der Waals surface area contributed by atoms with Crippen molar-refractivity contribution in [3.8, 4) is 0 Å². The lowest BCUT2D eigenvalue weighted by atomic mass is 10.0. The maximum absolute atomic E-state index is 12.2. The average molecular weight is 314 g/mol. The van der Waals surface area contributed by atoms with E-state index in [-0.39, 0.29) is 11.5 Å². The molecule has 0 aliphatic heterocycles. The molecule has 0 saturated heterocycles. The summed E-state index contributed by atoms with van der Waals surface area (Å²) in [6, 6.07) is 5.98. The Labute approximate surface area is 137 Å². The van der Waals surface area contributed by atoms with Crippen molar-refractivity contribution in [3.05, 3.63) is 45.2 Å². The van der Waals surface area contributed by atoms with E-state index in [1.54, 1.807) is 0 Å². The van der Waals surface area contributed by atoms with Crippen LogP contribution in [0.2, 0.25) is 0 Å². The van der Waals surface area contributed by atoms with E-state index in [1.165, 1.54) is 5.56 Å². The first kappa shape index (κ1) is 17.3. The Morgan fingerprint density at radius 3 is 2.61 bits per heavy atom. The second-order valence-corrected chi connectivity index (χ2v) is 6.20. The lowest BCUT2D eigenvalue weighted by Gasteiger charge is -2.07. The molecule has 1 amide bonds. The first-order valence-electron chi connectivity index (χ1n) is 8.41. The molecule has 124 valence electrons. The lowest BCUT2D eigenvalue weighted by molar-refractivity contribution is -0.121. The summed E-state index contributed by atoms with van der Waals surface area (Å²) in [6.45, 7) is 6.95. The molecule has 0 fully saturated rings. The minimum absolute atomic E-state index is 0.0145. The van der Waals surface area contributed by atoms with Gasteiger partial charge in [-0.25, -0.2) is 0 Å². The number of amides is 1. The van der Waals surface area contributed by atoms with Crippen LogP contribution in [0.5, 0.6) is 0 Å². The maximum Gasteiger partial charge on any atom is 0.251 e. The zero-order chi connectivity index (χ0) is 16.8. The molecule has 0 radical (unpaired) electrons. The number of unbranched alkanes of at least 4 members (excludes halogenated alkanes) is 2. The Kier molecular flexibility index (Phi) is 5.97. The molecule has 0 saturated carbocycles. The average Bonchev–Trinajstić information content (AvgIpc) is 2.51. The Bertz CT molecular complexity index is 747. The van der Waals surface area contributed by atoms with Gasteiger partial charge in [-0.15, -0.1) is 0 Å². The number of nitrogens with one attached hydrogen (secondary N) is 2. The van der Waals surface area contributed by atoms with Gasteiger partial charge in [-0.05, 0) is 61.4 Å². The van der Waals surface area contributed by atoms with Gasteiger partial charge in [0.15, 0.2) is 0 Å². The summed E-state index contributed by atoms with van der Waals surface area (Å²) in [7, 11) is 0. The van der Waals surface area contributed by atoms with Crippen molar-refractivity contribution >= 4 is 16.8 Å². The number of benzene rings is 1. The minimum Gasteiger partial charge on any atom is -0.356 e. The topological polar surface area (TPSA) is 62.0 Å². The summed E-state index contributed by atoms with van der Waals surface area (Å²) in [5, 5.41) is 3.93. The number of pyridine rings is 1. The van der Waals surface area contributed by atoms with E-state index < -0.39 is 0 Å². The van der Waals surface area contributed by atoms with Gasteiger partial charge in [0.1, 0.15) is 0 Å². The summed E-state index contributed by atoms with van der Waals surface area (Å²) in [6.07, 6.45) is 4.10. The van der Waals surface area contributed by atoms with Crippen molar-refractivity contribution in [2.75, 3.05) is 6.54 Å². The summed E-state index contributed by atoms with van der Waals surface area (Å²) in [5.41, 5.74) is 3.78. The molecule has 1 aromatic carbocycles. The molecule has 0 unspecified atom stereocenters. The zero-order valence-corrected chi connectivity index (χ0v) is 14.3. The first-order chi connectivity index (χ1) is 11.0. The van der Waals surface area contributed by atoms with Crippen LogP contribution in [0.4, 0.5) is 0 Å². The second kappa shape index (κ2) is 7.95. The monoisotopic (exact) mass is 314 g/mol. The third-order valence-corrected chi connectivity index (χ3v) is 4.26. The fourth-order valence-corrected chi connectivity index (χ4v) is 2.65. The molecule has 23 heavy (non-hydrogen) atoms. The molecule has 4 nitrogen and oxygen atoms in total. The van der Waals surface area contributed by atoms with Crippen LogP contribution in [0.1, 0.15) is 49.3 Å². The fraction of sp³-hybridized carbons (Fsp3) is 0.474. The highest BCUT2D eigenvalue weighted by Gasteiger charge is 2.07. The molecule has 0 aliphatic carbocycles. The zero-order valence-electron chi connectivity index (χ0n) is 14.3. The number of H-pyrrole nitrogens is 1. The van der Waals surface area contributed by atoms with Crippen LogP contribution in [-0.4, -0.2) is 17.4 Å². The number of aromatic amines is 1. The van der Waals surface area contributed by atoms with E-state index in [4.69, 9.17) is 0 Å². The summed E-state index contributed by atoms with van der Waals surface area (Å²) < 4.78 is 0. The SMILES string of the molecule is CCCCCNC(=O)CCc1cc2cc(C)c(C)cc2[nH]c1=O. The van der Waals surface area contributed by atoms with Gasteiger partial charge in [0.25, 0.3) is 5.56 Å². The van der Waals surface area contributed by atoms with Crippen LogP contribution < -0.4 is 10.9 Å². The van der Waals surface area contributed by atoms with Gasteiger partial charge < -0.3 is 10.3 Å². The van der Waals surface area contributed by atoms with Gasteiger partial charge in [0.2, 0.25) is 5.91 Å². The Morgan fingerprint density at radius 2 is 1.87 bits per heavy atom. The van der Waals surface area contributed by atoms with E-state index in [9.17, 15) is 9.59 Å². The molecule has 2 N–H and O–H groups in total. The van der Waals surface area contributed by atoms with E-state index >= 15 is 0 Å². The molecule has 2 aromatic rings. The predicted molar refractivity (Wildman–Crippen MR) is 94.9 cm³/mol. The van der Waals surface area contributed by atoms with E-state index in [0.717, 1.165) is 42.3 Å². The molecule has 0 spiro atoms. The highest BCUT2D eigenvalue weighted by Crippen LogP contribution is 2.17. The van der Waals surface area contributed by atoms with Crippen molar-refractivity contribution < 1.29 is 4.79 Å². The molecule has 2 rings (SSSR count). The van der Waals surface area contributed by atoms with Gasteiger partial charge >= 0.3 is 0 Å². The third kappa shape index (κ3) is 4.68. The van der Waals surface area contributed by atoms with Crippen molar-refractivity contribution in [1.29, 1.82) is 0 Å². The minimum atomic E-state index is -0.0977. The molecule has 4 heteroatoms. The first-order valence-corrected chi connectivity index (χ1v) is 8.41. The molecular weight excluding hydrogens is 288 g/mol. The number of aryl methyl sites for hydroxylation is 3. The summed E-state index contributed by atoms with van der Waals surface area (Å²) in [5.74, 6) is 0.0145. The maximum atomic E-state index is 12.2. The van der Waals surface area contributed by atoms with Crippen molar-refractivity contribution in [2.24, 2.45) is 0 Å². The Morgan fingerprint density at radius 1 is 1.13 bits per heavy atom. The molecule has 0 aliphatic rings. The Balaban J connectivity index is 2.03. The summed E-state index contributed by atoms with van der Waals surface area (Å²) >= 11 is 0. The molecule has 0 atom stereocenters. The highest BCUT2D eigenvalue weighted by atomic mass is 16.1. The Hall–Kier alpha value is -2.10. The normalized spacial score (nSPS) is 10.9. The third-order valence-electron chi connectivity index (χ3n) is 4.26. The van der Waals surface area contributed by atoms with Crippen LogP contribution >= 0.6 is 0 Å². The van der Waals surface area contributed by atoms with Crippen molar-refractivity contribution in [3.63, 3.8) is 0 Å². The largest absolute Gasteiger partial charge is 0.356 e. The predicted octanol–water partition coefficient (Wildman–Crippen LogP) is 3.38. The van der Waals surface area contributed by atoms with Gasteiger partial charge in [-0.2, -0.15) is 0 Å². The van der Waals surface area contributed by atoms with Crippen LogP contribution in [0.25, 0.3) is 10.9 Å². The number of aromatic nitrogens is 1. The molecule has 1 heterocycles. The van der Waals surface area contributed by atoms with Gasteiger partial charge in [-0.1, -0.05) is 19.8 Å². The summed E-state index contributed by atoms with van der Waals surface area (Å²) in [4.78, 5) is 26.9. The van der Waals surface area contributed by atoms with Crippen molar-refractivity contribution in [2.45, 2.75) is 52.9 Å². The van der Waals surface area contributed by atoms with Crippen molar-refractivity contribution in [1.82, 2.24) is 10.3 Å². The second-order valence-electron chi connectivity index (χ2n) is 6.20.